The van der Waals surface area contributed by atoms with Crippen LogP contribution in [0, 0.1) is 5.92 Å². The Morgan fingerprint density at radius 2 is 1.89 bits per heavy atom. The molecule has 1 atom stereocenters. The Labute approximate surface area is 112 Å². The first-order valence-corrected chi connectivity index (χ1v) is 9.08. The first-order chi connectivity index (χ1) is 8.78. The molecule has 0 aliphatic carbocycles. The quantitative estimate of drug-likeness (QED) is 0.822. The van der Waals surface area contributed by atoms with Gasteiger partial charge in [0.1, 0.15) is 5.75 Å². The molecule has 1 unspecified atom stereocenters. The average molecular weight is 305 g/mol. The van der Waals surface area contributed by atoms with E-state index < -0.39 is 19.9 Å². The van der Waals surface area contributed by atoms with Crippen molar-refractivity contribution >= 4 is 19.9 Å². The second-order valence-electron chi connectivity index (χ2n) is 4.61. The van der Waals surface area contributed by atoms with Crippen molar-refractivity contribution in [3.05, 3.63) is 24.3 Å². The van der Waals surface area contributed by atoms with Crippen LogP contribution in [-0.4, -0.2) is 40.0 Å². The summed E-state index contributed by atoms with van der Waals surface area (Å²) < 4.78 is 48.8. The number of phenolic OH excluding ortho intramolecular Hbond substituents is 1. The Kier molecular flexibility index (Phi) is 3.84. The van der Waals surface area contributed by atoms with Gasteiger partial charge in [-0.3, -0.25) is 0 Å². The van der Waals surface area contributed by atoms with Crippen molar-refractivity contribution in [2.45, 2.75) is 11.3 Å². The van der Waals surface area contributed by atoms with E-state index in [2.05, 4.69) is 4.72 Å². The van der Waals surface area contributed by atoms with Crippen LogP contribution in [0.25, 0.3) is 0 Å². The zero-order chi connectivity index (χ0) is 14.1. The van der Waals surface area contributed by atoms with E-state index in [1.54, 1.807) is 0 Å². The number of aromatic hydroxyl groups is 1. The van der Waals surface area contributed by atoms with Crippen molar-refractivity contribution in [2.75, 3.05) is 18.1 Å². The maximum Gasteiger partial charge on any atom is 0.240 e. The van der Waals surface area contributed by atoms with Gasteiger partial charge in [-0.2, -0.15) is 0 Å². The molecule has 6 nitrogen and oxygen atoms in total. The number of benzene rings is 1. The number of rotatable bonds is 4. The molecule has 1 aromatic carbocycles. The second kappa shape index (κ2) is 5.10. The maximum atomic E-state index is 11.9. The van der Waals surface area contributed by atoms with Gasteiger partial charge in [-0.1, -0.05) is 0 Å². The predicted molar refractivity (Wildman–Crippen MR) is 70.1 cm³/mol. The topological polar surface area (TPSA) is 101 Å². The highest BCUT2D eigenvalue weighted by Crippen LogP contribution is 2.19. The van der Waals surface area contributed by atoms with Crippen LogP contribution in [0.15, 0.2) is 29.2 Å². The fourth-order valence-corrected chi connectivity index (χ4v) is 4.95. The maximum absolute atomic E-state index is 11.9. The van der Waals surface area contributed by atoms with E-state index in [0.717, 1.165) is 0 Å². The lowest BCUT2D eigenvalue weighted by Gasteiger charge is -2.10. The molecule has 0 bridgehead atoms. The van der Waals surface area contributed by atoms with E-state index in [0.29, 0.717) is 6.42 Å². The van der Waals surface area contributed by atoms with Gasteiger partial charge < -0.3 is 5.11 Å². The lowest BCUT2D eigenvalue weighted by Crippen LogP contribution is -2.29. The molecule has 0 saturated carbocycles. The van der Waals surface area contributed by atoms with Crippen molar-refractivity contribution in [3.63, 3.8) is 0 Å². The second-order valence-corrected chi connectivity index (χ2v) is 8.61. The van der Waals surface area contributed by atoms with E-state index in [9.17, 15) is 16.8 Å². The van der Waals surface area contributed by atoms with Gasteiger partial charge in [-0.05, 0) is 36.6 Å². The van der Waals surface area contributed by atoms with Crippen LogP contribution in [0.5, 0.6) is 5.75 Å². The molecule has 0 aromatic heterocycles. The third-order valence-corrected chi connectivity index (χ3v) is 6.31. The summed E-state index contributed by atoms with van der Waals surface area (Å²) in [5.41, 5.74) is 0. The van der Waals surface area contributed by atoms with E-state index in [4.69, 9.17) is 5.11 Å². The van der Waals surface area contributed by atoms with Crippen molar-refractivity contribution in [2.24, 2.45) is 5.92 Å². The van der Waals surface area contributed by atoms with Crippen LogP contribution in [0.2, 0.25) is 0 Å². The third kappa shape index (κ3) is 3.68. The number of hydrogen-bond acceptors (Lipinski definition) is 5. The SMILES string of the molecule is O=S1(=O)CCC(CNS(=O)(=O)c2ccc(O)cc2)C1. The fourth-order valence-electron chi connectivity index (χ4n) is 1.97. The molecule has 0 radical (unpaired) electrons. The lowest BCUT2D eigenvalue weighted by atomic mass is 10.1. The van der Waals surface area contributed by atoms with Crippen molar-refractivity contribution in [1.29, 1.82) is 0 Å². The minimum atomic E-state index is -3.66. The summed E-state index contributed by atoms with van der Waals surface area (Å²) in [7, 11) is -6.66. The first-order valence-electron chi connectivity index (χ1n) is 5.78. The van der Waals surface area contributed by atoms with Crippen LogP contribution in [0.1, 0.15) is 6.42 Å². The van der Waals surface area contributed by atoms with Gasteiger partial charge in [0.25, 0.3) is 0 Å². The normalized spacial score (nSPS) is 22.4. The molecule has 2 rings (SSSR count). The monoisotopic (exact) mass is 305 g/mol. The summed E-state index contributed by atoms with van der Waals surface area (Å²) >= 11 is 0. The molecule has 0 amide bonds. The van der Waals surface area contributed by atoms with E-state index in [1.165, 1.54) is 24.3 Å². The van der Waals surface area contributed by atoms with Gasteiger partial charge in [0, 0.05) is 6.54 Å². The molecular weight excluding hydrogens is 290 g/mol. The molecule has 1 aromatic rings. The van der Waals surface area contributed by atoms with Crippen LogP contribution >= 0.6 is 0 Å². The van der Waals surface area contributed by atoms with Crippen LogP contribution in [-0.2, 0) is 19.9 Å². The van der Waals surface area contributed by atoms with Crippen molar-refractivity contribution in [3.8, 4) is 5.75 Å². The van der Waals surface area contributed by atoms with Gasteiger partial charge >= 0.3 is 0 Å². The summed E-state index contributed by atoms with van der Waals surface area (Å²) in [6, 6.07) is 5.16. The number of sulfonamides is 1. The summed E-state index contributed by atoms with van der Waals surface area (Å²) in [5, 5.41) is 9.10. The standard InChI is InChI=1S/C11H15NO5S2/c13-10-1-3-11(4-2-10)19(16,17)12-7-9-5-6-18(14,15)8-9/h1-4,9,12-13H,5-8H2. The predicted octanol–water partition coefficient (Wildman–Crippen LogP) is 0.105. The highest BCUT2D eigenvalue weighted by molar-refractivity contribution is 7.91. The van der Waals surface area contributed by atoms with Gasteiger partial charge in [0.15, 0.2) is 9.84 Å². The van der Waals surface area contributed by atoms with Gasteiger partial charge in [0.2, 0.25) is 10.0 Å². The summed E-state index contributed by atoms with van der Waals surface area (Å²) in [4.78, 5) is 0.0474. The first kappa shape index (κ1) is 14.3. The highest BCUT2D eigenvalue weighted by atomic mass is 32.2. The number of nitrogens with one attached hydrogen (secondary N) is 1. The van der Waals surface area contributed by atoms with Crippen LogP contribution in [0.3, 0.4) is 0 Å². The zero-order valence-electron chi connectivity index (χ0n) is 10.1. The lowest BCUT2D eigenvalue weighted by molar-refractivity contribution is 0.474. The van der Waals surface area contributed by atoms with E-state index in [1.807, 2.05) is 0 Å². The molecule has 0 spiro atoms. The van der Waals surface area contributed by atoms with Crippen LogP contribution in [0.4, 0.5) is 0 Å². The van der Waals surface area contributed by atoms with Gasteiger partial charge in [0.05, 0.1) is 16.4 Å². The Morgan fingerprint density at radius 3 is 2.42 bits per heavy atom. The molecule has 1 heterocycles. The van der Waals surface area contributed by atoms with Gasteiger partial charge in [-0.15, -0.1) is 0 Å². The summed E-state index contributed by atoms with van der Waals surface area (Å²) in [5.74, 6) is -0.0262. The molecule has 19 heavy (non-hydrogen) atoms. The molecule has 2 N–H and O–H groups in total. The fraction of sp³-hybridized carbons (Fsp3) is 0.455. The average Bonchev–Trinajstić information content (AvgIpc) is 2.67. The van der Waals surface area contributed by atoms with Crippen molar-refractivity contribution in [1.82, 2.24) is 4.72 Å². The molecule has 1 aliphatic heterocycles. The largest absolute Gasteiger partial charge is 0.508 e. The number of sulfone groups is 1. The molecular formula is C11H15NO5S2. The van der Waals surface area contributed by atoms with E-state index >= 15 is 0 Å². The Balaban J connectivity index is 2.01. The summed E-state index contributed by atoms with van der Waals surface area (Å²) in [6.45, 7) is 0.114. The third-order valence-electron chi connectivity index (χ3n) is 3.04. The van der Waals surface area contributed by atoms with E-state index in [-0.39, 0.29) is 34.6 Å². The highest BCUT2D eigenvalue weighted by Gasteiger charge is 2.28. The smallest absolute Gasteiger partial charge is 0.240 e. The zero-order valence-corrected chi connectivity index (χ0v) is 11.7. The van der Waals surface area contributed by atoms with Crippen LogP contribution < -0.4 is 4.72 Å². The molecule has 1 aliphatic rings. The minimum absolute atomic E-state index is 0.0131. The number of hydrogen-bond donors (Lipinski definition) is 2. The molecule has 106 valence electrons. The Morgan fingerprint density at radius 1 is 1.26 bits per heavy atom. The molecule has 1 saturated heterocycles. The van der Waals surface area contributed by atoms with Gasteiger partial charge in [-0.25, -0.2) is 21.6 Å². The Hall–Kier alpha value is -1.12. The van der Waals surface area contributed by atoms with Crippen molar-refractivity contribution < 1.29 is 21.9 Å². The minimum Gasteiger partial charge on any atom is -0.508 e. The summed E-state index contributed by atoms with van der Waals surface area (Å²) in [6.07, 6.45) is 0.487. The number of phenols is 1. The Bertz CT molecular complexity index is 649. The molecule has 8 heteroatoms. The molecule has 1 fully saturated rings.